The third-order valence-electron chi connectivity index (χ3n) is 1.63. The summed E-state index contributed by atoms with van der Waals surface area (Å²) in [6.45, 7) is 0.293. The minimum Gasteiger partial charge on any atom is -0.329 e. The molecule has 0 amide bonds. The molecule has 0 saturated carbocycles. The molecule has 0 aliphatic rings. The third kappa shape index (κ3) is 1.94. The molecule has 1 atom stereocenters. The molecule has 4 N–H and O–H groups in total. The Balaban J connectivity index is 2.96. The van der Waals surface area contributed by atoms with Gasteiger partial charge in [-0.15, -0.1) is 0 Å². The Morgan fingerprint density at radius 1 is 1.50 bits per heavy atom. The van der Waals surface area contributed by atoms with Gasteiger partial charge in [-0.25, -0.2) is 4.39 Å². The van der Waals surface area contributed by atoms with E-state index in [9.17, 15) is 4.39 Å². The summed E-state index contributed by atoms with van der Waals surface area (Å²) in [5.41, 5.74) is 11.6. The highest BCUT2D eigenvalue weighted by Crippen LogP contribution is 2.18. The van der Waals surface area contributed by atoms with Gasteiger partial charge in [-0.2, -0.15) is 0 Å². The molecule has 1 rings (SSSR count). The predicted molar refractivity (Wildman–Crippen MR) is 47.4 cm³/mol. The highest BCUT2D eigenvalue weighted by Gasteiger charge is 2.06. The first kappa shape index (κ1) is 9.45. The van der Waals surface area contributed by atoms with Gasteiger partial charge in [-0.05, 0) is 17.7 Å². The second kappa shape index (κ2) is 3.85. The molecule has 66 valence electrons. The Bertz CT molecular complexity index is 278. The van der Waals surface area contributed by atoms with Gasteiger partial charge in [-0.1, -0.05) is 17.7 Å². The number of hydrogen-bond acceptors (Lipinski definition) is 2. The van der Waals surface area contributed by atoms with E-state index in [-0.39, 0.29) is 11.1 Å². The van der Waals surface area contributed by atoms with Crippen molar-refractivity contribution in [2.45, 2.75) is 6.04 Å². The van der Waals surface area contributed by atoms with Gasteiger partial charge < -0.3 is 11.5 Å². The lowest BCUT2D eigenvalue weighted by Crippen LogP contribution is -2.20. The number of nitrogens with two attached hydrogens (primary N) is 2. The van der Waals surface area contributed by atoms with Crippen LogP contribution in [0.4, 0.5) is 4.39 Å². The molecular formula is C8H10ClFN2. The van der Waals surface area contributed by atoms with Crippen molar-refractivity contribution in [3.8, 4) is 0 Å². The second-order valence-corrected chi connectivity index (χ2v) is 2.92. The number of halogens is 2. The molecule has 0 aliphatic heterocycles. The molecule has 0 radical (unpaired) electrons. The molecule has 1 aromatic rings. The summed E-state index contributed by atoms with van der Waals surface area (Å²) in [5, 5.41) is 0.1000. The average Bonchev–Trinajstić information content (AvgIpc) is 2.08. The van der Waals surface area contributed by atoms with Gasteiger partial charge in [0.2, 0.25) is 0 Å². The topological polar surface area (TPSA) is 52.0 Å². The number of benzene rings is 1. The van der Waals surface area contributed by atoms with Crippen molar-refractivity contribution in [1.82, 2.24) is 0 Å². The number of rotatable bonds is 2. The van der Waals surface area contributed by atoms with E-state index in [0.29, 0.717) is 12.1 Å². The van der Waals surface area contributed by atoms with Gasteiger partial charge in [0, 0.05) is 12.6 Å². The lowest BCUT2D eigenvalue weighted by Gasteiger charge is -2.08. The zero-order valence-electron chi connectivity index (χ0n) is 6.43. The Hall–Kier alpha value is -0.640. The van der Waals surface area contributed by atoms with E-state index in [1.54, 1.807) is 6.07 Å². The van der Waals surface area contributed by atoms with Crippen molar-refractivity contribution < 1.29 is 4.39 Å². The molecule has 1 unspecified atom stereocenters. The highest BCUT2D eigenvalue weighted by atomic mass is 35.5. The van der Waals surface area contributed by atoms with E-state index in [2.05, 4.69) is 0 Å². The van der Waals surface area contributed by atoms with Crippen LogP contribution < -0.4 is 11.5 Å². The number of hydrogen-bond donors (Lipinski definition) is 2. The van der Waals surface area contributed by atoms with Crippen molar-refractivity contribution in [2.75, 3.05) is 6.54 Å². The second-order valence-electron chi connectivity index (χ2n) is 2.52. The summed E-state index contributed by atoms with van der Waals surface area (Å²) < 4.78 is 12.8. The minimum absolute atomic E-state index is 0.1000. The van der Waals surface area contributed by atoms with Crippen LogP contribution in [-0.4, -0.2) is 6.54 Å². The van der Waals surface area contributed by atoms with Gasteiger partial charge in [0.15, 0.2) is 0 Å². The van der Waals surface area contributed by atoms with Crippen molar-refractivity contribution >= 4 is 11.6 Å². The lowest BCUT2D eigenvalue weighted by atomic mass is 10.1. The van der Waals surface area contributed by atoms with Gasteiger partial charge >= 0.3 is 0 Å². The molecule has 0 heterocycles. The standard InChI is InChI=1S/C8H10ClFN2/c9-6-2-1-5(3-7(6)10)8(12)4-11/h1-3,8H,4,11-12H2. The van der Waals surface area contributed by atoms with Gasteiger partial charge in [0.1, 0.15) is 5.82 Å². The van der Waals surface area contributed by atoms with Crippen LogP contribution in [-0.2, 0) is 0 Å². The average molecular weight is 189 g/mol. The molecule has 0 spiro atoms. The first-order valence-corrected chi connectivity index (χ1v) is 3.93. The minimum atomic E-state index is -0.460. The van der Waals surface area contributed by atoms with E-state index in [1.807, 2.05) is 0 Å². The monoisotopic (exact) mass is 188 g/mol. The van der Waals surface area contributed by atoms with Crippen molar-refractivity contribution in [3.63, 3.8) is 0 Å². The zero-order chi connectivity index (χ0) is 9.14. The van der Waals surface area contributed by atoms with Gasteiger partial charge in [-0.3, -0.25) is 0 Å². The Labute approximate surface area is 75.3 Å². The summed E-state index contributed by atoms with van der Waals surface area (Å²) >= 11 is 5.48. The molecule has 4 heteroatoms. The SMILES string of the molecule is NCC(N)c1ccc(Cl)c(F)c1. The fourth-order valence-corrected chi connectivity index (χ4v) is 0.997. The van der Waals surface area contributed by atoms with Crippen LogP contribution in [0.1, 0.15) is 11.6 Å². The first-order valence-electron chi connectivity index (χ1n) is 3.55. The van der Waals surface area contributed by atoms with E-state index < -0.39 is 5.82 Å². The van der Waals surface area contributed by atoms with Crippen molar-refractivity contribution in [3.05, 3.63) is 34.6 Å². The molecule has 12 heavy (non-hydrogen) atoms. The normalized spacial score (nSPS) is 13.0. The van der Waals surface area contributed by atoms with Crippen LogP contribution in [0.15, 0.2) is 18.2 Å². The predicted octanol–water partition coefficient (Wildman–Crippen LogP) is 1.44. The maximum Gasteiger partial charge on any atom is 0.142 e. The zero-order valence-corrected chi connectivity index (χ0v) is 7.18. The molecule has 0 bridgehead atoms. The summed E-state index contributed by atoms with van der Waals surface area (Å²) in [5.74, 6) is -0.460. The van der Waals surface area contributed by atoms with E-state index in [1.165, 1.54) is 12.1 Å². The van der Waals surface area contributed by atoms with E-state index in [4.69, 9.17) is 23.1 Å². The van der Waals surface area contributed by atoms with Crippen LogP contribution >= 0.6 is 11.6 Å². The highest BCUT2D eigenvalue weighted by molar-refractivity contribution is 6.30. The van der Waals surface area contributed by atoms with Crippen molar-refractivity contribution in [1.29, 1.82) is 0 Å². The Morgan fingerprint density at radius 2 is 2.17 bits per heavy atom. The third-order valence-corrected chi connectivity index (χ3v) is 1.93. The summed E-state index contributed by atoms with van der Waals surface area (Å²) in [6, 6.07) is 4.13. The molecule has 0 saturated heterocycles. The van der Waals surface area contributed by atoms with Crippen LogP contribution in [0.3, 0.4) is 0 Å². The first-order chi connectivity index (χ1) is 5.65. The summed E-state index contributed by atoms with van der Waals surface area (Å²) in [7, 11) is 0. The Morgan fingerprint density at radius 3 is 2.67 bits per heavy atom. The summed E-state index contributed by atoms with van der Waals surface area (Å²) in [4.78, 5) is 0. The van der Waals surface area contributed by atoms with E-state index in [0.717, 1.165) is 0 Å². The van der Waals surface area contributed by atoms with Crippen molar-refractivity contribution in [2.24, 2.45) is 11.5 Å². The Kier molecular flexibility index (Phi) is 3.03. The van der Waals surface area contributed by atoms with Crippen LogP contribution in [0.2, 0.25) is 5.02 Å². The van der Waals surface area contributed by atoms with Crippen LogP contribution in [0.25, 0.3) is 0 Å². The summed E-state index contributed by atoms with van der Waals surface area (Å²) in [6.07, 6.45) is 0. The quantitative estimate of drug-likeness (QED) is 0.738. The molecule has 0 aliphatic carbocycles. The maximum atomic E-state index is 12.8. The van der Waals surface area contributed by atoms with Gasteiger partial charge in [0.05, 0.1) is 5.02 Å². The fraction of sp³-hybridized carbons (Fsp3) is 0.250. The maximum absolute atomic E-state index is 12.8. The van der Waals surface area contributed by atoms with Crippen LogP contribution in [0, 0.1) is 5.82 Å². The molecular weight excluding hydrogens is 179 g/mol. The molecule has 0 aromatic heterocycles. The van der Waals surface area contributed by atoms with Crippen LogP contribution in [0.5, 0.6) is 0 Å². The molecule has 0 fully saturated rings. The largest absolute Gasteiger partial charge is 0.329 e. The van der Waals surface area contributed by atoms with E-state index >= 15 is 0 Å². The molecule has 1 aromatic carbocycles. The molecule has 2 nitrogen and oxygen atoms in total. The van der Waals surface area contributed by atoms with Gasteiger partial charge in [0.25, 0.3) is 0 Å². The smallest absolute Gasteiger partial charge is 0.142 e. The lowest BCUT2D eigenvalue weighted by molar-refractivity contribution is 0.620. The fourth-order valence-electron chi connectivity index (χ4n) is 0.879.